The van der Waals surface area contributed by atoms with Gasteiger partial charge in [0.05, 0.1) is 0 Å². The predicted octanol–water partition coefficient (Wildman–Crippen LogP) is 2.62. The summed E-state index contributed by atoms with van der Waals surface area (Å²) in [7, 11) is 0. The third-order valence-electron chi connectivity index (χ3n) is 2.43. The molecule has 0 unspecified atom stereocenters. The molecular formula is C11H14N2S2. The second kappa shape index (κ2) is 4.41. The largest absolute Gasteiger partial charge is 0.389 e. The number of nitrogens with one attached hydrogen (secondary N) is 1. The molecule has 0 atom stereocenters. The summed E-state index contributed by atoms with van der Waals surface area (Å²) in [6.45, 7) is 0. The van der Waals surface area contributed by atoms with E-state index < -0.39 is 0 Å². The van der Waals surface area contributed by atoms with E-state index >= 15 is 0 Å². The number of benzene rings is 1. The Morgan fingerprint density at radius 1 is 1.53 bits per heavy atom. The van der Waals surface area contributed by atoms with Crippen LogP contribution in [0.1, 0.15) is 18.4 Å². The molecule has 15 heavy (non-hydrogen) atoms. The van der Waals surface area contributed by atoms with Gasteiger partial charge in [-0.25, -0.2) is 0 Å². The van der Waals surface area contributed by atoms with Crippen LogP contribution in [-0.2, 0) is 0 Å². The van der Waals surface area contributed by atoms with Gasteiger partial charge in [0, 0.05) is 22.2 Å². The standard InChI is InChI=1S/C11H14N2S2/c1-15-9-4-2-3-8(10(9)11(12)14)13-7-5-6-7/h2-4,7,13H,5-6H2,1H3,(H2,12,14). The van der Waals surface area contributed by atoms with E-state index in [0.29, 0.717) is 11.0 Å². The molecule has 0 radical (unpaired) electrons. The van der Waals surface area contributed by atoms with Crippen LogP contribution in [-0.4, -0.2) is 17.3 Å². The molecule has 1 aliphatic carbocycles. The predicted molar refractivity (Wildman–Crippen MR) is 70.8 cm³/mol. The molecule has 4 heteroatoms. The van der Waals surface area contributed by atoms with Crippen LogP contribution >= 0.6 is 24.0 Å². The smallest absolute Gasteiger partial charge is 0.107 e. The Labute approximate surface area is 99.6 Å². The van der Waals surface area contributed by atoms with Crippen molar-refractivity contribution in [2.24, 2.45) is 5.73 Å². The molecular weight excluding hydrogens is 224 g/mol. The van der Waals surface area contributed by atoms with Crippen molar-refractivity contribution in [3.63, 3.8) is 0 Å². The van der Waals surface area contributed by atoms with Crippen LogP contribution in [0.2, 0.25) is 0 Å². The number of anilines is 1. The highest BCUT2D eigenvalue weighted by Crippen LogP contribution is 2.31. The summed E-state index contributed by atoms with van der Waals surface area (Å²) in [6, 6.07) is 6.76. The fourth-order valence-electron chi connectivity index (χ4n) is 1.52. The highest BCUT2D eigenvalue weighted by atomic mass is 32.2. The highest BCUT2D eigenvalue weighted by Gasteiger charge is 2.22. The van der Waals surface area contributed by atoms with Gasteiger partial charge in [-0.1, -0.05) is 18.3 Å². The summed E-state index contributed by atoms with van der Waals surface area (Å²) in [4.78, 5) is 1.62. The third kappa shape index (κ3) is 2.44. The van der Waals surface area contributed by atoms with Crippen LogP contribution in [0.5, 0.6) is 0 Å². The maximum atomic E-state index is 5.77. The number of thioether (sulfide) groups is 1. The molecule has 0 bridgehead atoms. The SMILES string of the molecule is CSc1cccc(NC2CC2)c1C(N)=S. The van der Waals surface area contributed by atoms with Crippen LogP contribution in [0.4, 0.5) is 5.69 Å². The highest BCUT2D eigenvalue weighted by molar-refractivity contribution is 7.98. The van der Waals surface area contributed by atoms with Gasteiger partial charge in [-0.05, 0) is 31.2 Å². The molecule has 1 saturated carbocycles. The second-order valence-electron chi connectivity index (χ2n) is 3.67. The van der Waals surface area contributed by atoms with Gasteiger partial charge >= 0.3 is 0 Å². The van der Waals surface area contributed by atoms with Gasteiger partial charge in [-0.2, -0.15) is 0 Å². The van der Waals surface area contributed by atoms with Crippen LogP contribution in [0.25, 0.3) is 0 Å². The van der Waals surface area contributed by atoms with Crippen LogP contribution in [0.15, 0.2) is 23.1 Å². The first-order valence-corrected chi connectivity index (χ1v) is 6.59. The summed E-state index contributed by atoms with van der Waals surface area (Å²) in [5.74, 6) is 0. The average Bonchev–Trinajstić information content (AvgIpc) is 3.01. The van der Waals surface area contributed by atoms with Gasteiger partial charge in [0.2, 0.25) is 0 Å². The molecule has 0 aliphatic heterocycles. The first-order chi connectivity index (χ1) is 7.22. The molecule has 1 aromatic carbocycles. The first kappa shape index (κ1) is 10.8. The molecule has 0 heterocycles. The Morgan fingerprint density at radius 2 is 2.27 bits per heavy atom. The van der Waals surface area contributed by atoms with E-state index in [1.807, 2.05) is 18.4 Å². The van der Waals surface area contributed by atoms with E-state index in [2.05, 4.69) is 11.4 Å². The normalized spacial score (nSPS) is 15.0. The van der Waals surface area contributed by atoms with Crippen molar-refractivity contribution >= 4 is 34.7 Å². The molecule has 80 valence electrons. The molecule has 1 fully saturated rings. The molecule has 2 rings (SSSR count). The Kier molecular flexibility index (Phi) is 3.17. The zero-order valence-corrected chi connectivity index (χ0v) is 10.3. The number of thiocarbonyl (C=S) groups is 1. The van der Waals surface area contributed by atoms with E-state index in [9.17, 15) is 0 Å². The minimum absolute atomic E-state index is 0.475. The maximum absolute atomic E-state index is 5.77. The summed E-state index contributed by atoms with van der Waals surface area (Å²) >= 11 is 6.78. The van der Waals surface area contributed by atoms with Gasteiger partial charge in [0.1, 0.15) is 4.99 Å². The van der Waals surface area contributed by atoms with Crippen LogP contribution in [0, 0.1) is 0 Å². The van der Waals surface area contributed by atoms with Gasteiger partial charge < -0.3 is 11.1 Å². The van der Waals surface area contributed by atoms with Gasteiger partial charge in [0.25, 0.3) is 0 Å². The molecule has 0 spiro atoms. The van der Waals surface area contributed by atoms with Crippen molar-refractivity contribution in [1.29, 1.82) is 0 Å². The number of hydrogen-bond donors (Lipinski definition) is 2. The molecule has 2 nitrogen and oxygen atoms in total. The lowest BCUT2D eigenvalue weighted by Crippen LogP contribution is -2.15. The van der Waals surface area contributed by atoms with Crippen molar-refractivity contribution < 1.29 is 0 Å². The molecule has 1 aliphatic rings. The maximum Gasteiger partial charge on any atom is 0.107 e. The van der Waals surface area contributed by atoms with E-state index in [4.69, 9.17) is 18.0 Å². The number of nitrogens with two attached hydrogens (primary N) is 1. The van der Waals surface area contributed by atoms with E-state index in [-0.39, 0.29) is 0 Å². The Morgan fingerprint density at radius 3 is 2.80 bits per heavy atom. The van der Waals surface area contributed by atoms with Crippen molar-refractivity contribution in [3.8, 4) is 0 Å². The van der Waals surface area contributed by atoms with E-state index in [1.54, 1.807) is 11.8 Å². The Balaban J connectivity index is 2.37. The third-order valence-corrected chi connectivity index (χ3v) is 3.41. The van der Waals surface area contributed by atoms with Gasteiger partial charge in [-0.3, -0.25) is 0 Å². The summed E-state index contributed by atoms with van der Waals surface area (Å²) in [5, 5.41) is 3.46. The monoisotopic (exact) mass is 238 g/mol. The lowest BCUT2D eigenvalue weighted by molar-refractivity contribution is 1.15. The summed E-state index contributed by atoms with van der Waals surface area (Å²) < 4.78 is 0. The lowest BCUT2D eigenvalue weighted by atomic mass is 10.1. The van der Waals surface area contributed by atoms with Gasteiger partial charge in [0.15, 0.2) is 0 Å². The summed E-state index contributed by atoms with van der Waals surface area (Å²) in [6.07, 6.45) is 4.54. The fraction of sp³-hybridized carbons (Fsp3) is 0.364. The fourth-order valence-corrected chi connectivity index (χ4v) is 2.45. The van der Waals surface area contributed by atoms with Crippen molar-refractivity contribution in [2.75, 3.05) is 11.6 Å². The topological polar surface area (TPSA) is 38.0 Å². The molecule has 1 aromatic rings. The Bertz CT molecular complexity index is 386. The average molecular weight is 238 g/mol. The molecule has 0 saturated heterocycles. The zero-order chi connectivity index (χ0) is 10.8. The van der Waals surface area contributed by atoms with Crippen molar-refractivity contribution in [2.45, 2.75) is 23.8 Å². The van der Waals surface area contributed by atoms with Crippen molar-refractivity contribution in [3.05, 3.63) is 23.8 Å². The molecule has 3 N–H and O–H groups in total. The number of rotatable bonds is 4. The van der Waals surface area contributed by atoms with Crippen LogP contribution < -0.4 is 11.1 Å². The minimum Gasteiger partial charge on any atom is -0.389 e. The molecule has 0 amide bonds. The van der Waals surface area contributed by atoms with E-state index in [1.165, 1.54) is 12.8 Å². The second-order valence-corrected chi connectivity index (χ2v) is 4.95. The first-order valence-electron chi connectivity index (χ1n) is 4.95. The van der Waals surface area contributed by atoms with E-state index in [0.717, 1.165) is 16.1 Å². The van der Waals surface area contributed by atoms with Gasteiger partial charge in [-0.15, -0.1) is 11.8 Å². The molecule has 0 aromatic heterocycles. The minimum atomic E-state index is 0.475. The lowest BCUT2D eigenvalue weighted by Gasteiger charge is -2.13. The Hall–Kier alpha value is -0.740. The van der Waals surface area contributed by atoms with Crippen LogP contribution in [0.3, 0.4) is 0 Å². The van der Waals surface area contributed by atoms with Crippen molar-refractivity contribution in [1.82, 2.24) is 0 Å². The number of hydrogen-bond acceptors (Lipinski definition) is 3. The summed E-state index contributed by atoms with van der Waals surface area (Å²) in [5.41, 5.74) is 7.84. The zero-order valence-electron chi connectivity index (χ0n) is 8.62. The quantitative estimate of drug-likeness (QED) is 0.624.